The topological polar surface area (TPSA) is 120 Å². The van der Waals surface area contributed by atoms with Crippen LogP contribution in [0, 0.1) is 0 Å². The van der Waals surface area contributed by atoms with Crippen LogP contribution in [-0.2, 0) is 9.84 Å². The normalized spacial score (nSPS) is 11.8. The van der Waals surface area contributed by atoms with Crippen LogP contribution in [-0.4, -0.2) is 46.9 Å². The van der Waals surface area contributed by atoms with Gasteiger partial charge in [-0.2, -0.15) is 0 Å². The number of aromatic carboxylic acids is 1. The van der Waals surface area contributed by atoms with Gasteiger partial charge in [-0.3, -0.25) is 0 Å². The third-order valence-corrected chi connectivity index (χ3v) is 4.07. The maximum atomic E-state index is 11.7. The number of carboxylic acids is 1. The number of carbonyl (C=O) groups is 1. The molecule has 0 saturated heterocycles. The van der Waals surface area contributed by atoms with Crippen molar-refractivity contribution in [1.29, 1.82) is 0 Å². The molecule has 0 aliphatic rings. The van der Waals surface area contributed by atoms with Crippen LogP contribution in [0.1, 0.15) is 10.6 Å². The Labute approximate surface area is 102 Å². The molecule has 0 amide bonds. The molecule has 0 aliphatic carbocycles. The molecule has 2 rings (SSSR count). The van der Waals surface area contributed by atoms with Gasteiger partial charge < -0.3 is 15.2 Å². The number of aliphatic hydroxyl groups is 1. The molecule has 0 radical (unpaired) electrons. The van der Waals surface area contributed by atoms with E-state index in [9.17, 15) is 13.2 Å². The van der Waals surface area contributed by atoms with Crippen molar-refractivity contribution in [1.82, 2.24) is 9.97 Å². The van der Waals surface area contributed by atoms with E-state index in [0.717, 1.165) is 0 Å². The lowest BCUT2D eigenvalue weighted by molar-refractivity contribution is 0.0685. The lowest BCUT2D eigenvalue weighted by Gasteiger charge is -2.01. The summed E-state index contributed by atoms with van der Waals surface area (Å²) in [4.78, 5) is 17.0. The standard InChI is InChI=1S/C10H10N2O5S/c13-3-4-18(16,17)6-1-2-7-8(5-6)12-9(11-7)10(14)15/h1-2,5,13H,3-4H2,(H,11,12)(H,14,15). The molecule has 18 heavy (non-hydrogen) atoms. The molecule has 0 saturated carbocycles. The highest BCUT2D eigenvalue weighted by molar-refractivity contribution is 7.91. The fourth-order valence-corrected chi connectivity index (χ4v) is 2.57. The average Bonchev–Trinajstić information content (AvgIpc) is 2.71. The molecular formula is C10H10N2O5S. The van der Waals surface area contributed by atoms with Crippen LogP contribution >= 0.6 is 0 Å². The SMILES string of the molecule is O=C(O)c1nc2ccc(S(=O)(=O)CCO)cc2[nH]1. The molecule has 0 fully saturated rings. The highest BCUT2D eigenvalue weighted by Crippen LogP contribution is 2.18. The molecule has 8 heteroatoms. The van der Waals surface area contributed by atoms with Gasteiger partial charge in [-0.05, 0) is 18.2 Å². The van der Waals surface area contributed by atoms with Crippen LogP contribution < -0.4 is 0 Å². The number of hydrogen-bond donors (Lipinski definition) is 3. The van der Waals surface area contributed by atoms with Crippen molar-refractivity contribution >= 4 is 26.8 Å². The van der Waals surface area contributed by atoms with Gasteiger partial charge in [0.05, 0.1) is 28.3 Å². The minimum Gasteiger partial charge on any atom is -0.475 e. The molecule has 96 valence electrons. The number of rotatable bonds is 4. The van der Waals surface area contributed by atoms with E-state index in [1.54, 1.807) is 0 Å². The van der Waals surface area contributed by atoms with Gasteiger partial charge in [0.2, 0.25) is 5.82 Å². The van der Waals surface area contributed by atoms with Crippen LogP contribution in [0.4, 0.5) is 0 Å². The predicted octanol–water partition coefficient (Wildman–Crippen LogP) is 0.0271. The summed E-state index contributed by atoms with van der Waals surface area (Å²) in [6, 6.07) is 4.06. The Bertz CT molecular complexity index is 704. The Morgan fingerprint density at radius 1 is 1.39 bits per heavy atom. The van der Waals surface area contributed by atoms with Crippen molar-refractivity contribution in [2.45, 2.75) is 4.90 Å². The fraction of sp³-hybridized carbons (Fsp3) is 0.200. The van der Waals surface area contributed by atoms with Gasteiger partial charge in [0.25, 0.3) is 0 Å². The van der Waals surface area contributed by atoms with E-state index < -0.39 is 22.4 Å². The summed E-state index contributed by atoms with van der Waals surface area (Å²) in [7, 11) is -3.56. The first-order valence-electron chi connectivity index (χ1n) is 5.01. The first-order chi connectivity index (χ1) is 8.44. The Morgan fingerprint density at radius 3 is 2.72 bits per heavy atom. The number of aromatic amines is 1. The van der Waals surface area contributed by atoms with Gasteiger partial charge in [-0.15, -0.1) is 0 Å². The second-order valence-electron chi connectivity index (χ2n) is 3.61. The lowest BCUT2D eigenvalue weighted by atomic mass is 10.3. The monoisotopic (exact) mass is 270 g/mol. The number of sulfone groups is 1. The second kappa shape index (κ2) is 4.39. The Morgan fingerprint density at radius 2 is 2.11 bits per heavy atom. The van der Waals surface area contributed by atoms with Crippen molar-refractivity contribution in [2.75, 3.05) is 12.4 Å². The summed E-state index contributed by atoms with van der Waals surface area (Å²) in [5.74, 6) is -1.84. The number of nitrogens with zero attached hydrogens (tertiary/aromatic N) is 1. The first-order valence-corrected chi connectivity index (χ1v) is 6.66. The number of fused-ring (bicyclic) bond motifs is 1. The molecule has 1 aromatic heterocycles. The predicted molar refractivity (Wildman–Crippen MR) is 62.2 cm³/mol. The number of imidazole rings is 1. The number of aromatic nitrogens is 2. The van der Waals surface area contributed by atoms with Gasteiger partial charge in [0, 0.05) is 0 Å². The van der Waals surface area contributed by atoms with E-state index in [1.165, 1.54) is 18.2 Å². The number of nitrogens with one attached hydrogen (secondary N) is 1. The zero-order chi connectivity index (χ0) is 13.3. The average molecular weight is 270 g/mol. The highest BCUT2D eigenvalue weighted by Gasteiger charge is 2.16. The zero-order valence-electron chi connectivity index (χ0n) is 9.12. The van der Waals surface area contributed by atoms with Gasteiger partial charge >= 0.3 is 5.97 Å². The van der Waals surface area contributed by atoms with Gasteiger partial charge in [-0.1, -0.05) is 0 Å². The van der Waals surface area contributed by atoms with E-state index in [1.807, 2.05) is 0 Å². The minimum absolute atomic E-state index is 0.0182. The molecule has 1 heterocycles. The smallest absolute Gasteiger partial charge is 0.371 e. The van der Waals surface area contributed by atoms with E-state index in [2.05, 4.69) is 9.97 Å². The second-order valence-corrected chi connectivity index (χ2v) is 5.72. The summed E-state index contributed by atoms with van der Waals surface area (Å²) < 4.78 is 23.4. The quantitative estimate of drug-likeness (QED) is 0.720. The van der Waals surface area contributed by atoms with Gasteiger partial charge in [0.15, 0.2) is 9.84 Å². The summed E-state index contributed by atoms with van der Waals surface area (Å²) in [6.45, 7) is -0.469. The molecule has 0 spiro atoms. The van der Waals surface area contributed by atoms with Crippen LogP contribution in [0.3, 0.4) is 0 Å². The molecule has 7 nitrogen and oxygen atoms in total. The van der Waals surface area contributed by atoms with Gasteiger partial charge in [-0.25, -0.2) is 18.2 Å². The summed E-state index contributed by atoms with van der Waals surface area (Å²) >= 11 is 0. The Kier molecular flexibility index (Phi) is 3.05. The van der Waals surface area contributed by atoms with Crippen LogP contribution in [0.2, 0.25) is 0 Å². The molecule has 1 aromatic carbocycles. The lowest BCUT2D eigenvalue weighted by Crippen LogP contribution is -2.09. The Hall–Kier alpha value is -1.93. The maximum absolute atomic E-state index is 11.7. The van der Waals surface area contributed by atoms with Crippen LogP contribution in [0.5, 0.6) is 0 Å². The van der Waals surface area contributed by atoms with Crippen molar-refractivity contribution in [3.8, 4) is 0 Å². The number of benzene rings is 1. The maximum Gasteiger partial charge on any atom is 0.371 e. The summed E-state index contributed by atoms with van der Waals surface area (Å²) in [5, 5.41) is 17.4. The number of hydrogen-bond acceptors (Lipinski definition) is 5. The molecule has 3 N–H and O–H groups in total. The number of H-pyrrole nitrogens is 1. The zero-order valence-corrected chi connectivity index (χ0v) is 9.94. The first kappa shape index (κ1) is 12.5. The largest absolute Gasteiger partial charge is 0.475 e. The van der Waals surface area contributed by atoms with E-state index in [4.69, 9.17) is 10.2 Å². The highest BCUT2D eigenvalue weighted by atomic mass is 32.2. The van der Waals surface area contributed by atoms with E-state index >= 15 is 0 Å². The molecule has 0 atom stereocenters. The third-order valence-electron chi connectivity index (χ3n) is 2.38. The summed E-state index contributed by atoms with van der Waals surface area (Å²) in [6.07, 6.45) is 0. The number of aliphatic hydroxyl groups excluding tert-OH is 1. The van der Waals surface area contributed by atoms with E-state index in [0.29, 0.717) is 11.0 Å². The number of carboxylic acid groups (broad SMARTS) is 1. The van der Waals surface area contributed by atoms with Crippen LogP contribution in [0.15, 0.2) is 23.1 Å². The van der Waals surface area contributed by atoms with E-state index in [-0.39, 0.29) is 16.5 Å². The molecule has 0 unspecified atom stereocenters. The van der Waals surface area contributed by atoms with Crippen molar-refractivity contribution in [3.63, 3.8) is 0 Å². The molecule has 2 aromatic rings. The molecule has 0 aliphatic heterocycles. The van der Waals surface area contributed by atoms with Crippen molar-refractivity contribution in [3.05, 3.63) is 24.0 Å². The molecular weight excluding hydrogens is 260 g/mol. The fourth-order valence-electron chi connectivity index (χ4n) is 1.52. The summed E-state index contributed by atoms with van der Waals surface area (Å²) in [5.41, 5.74) is 0.696. The molecule has 0 bridgehead atoms. The van der Waals surface area contributed by atoms with Crippen molar-refractivity contribution < 1.29 is 23.4 Å². The third kappa shape index (κ3) is 2.20. The Balaban J connectivity index is 2.54. The van der Waals surface area contributed by atoms with Crippen molar-refractivity contribution in [2.24, 2.45) is 0 Å². The minimum atomic E-state index is -3.56. The van der Waals surface area contributed by atoms with Gasteiger partial charge in [0.1, 0.15) is 0 Å². The van der Waals surface area contributed by atoms with Crippen LogP contribution in [0.25, 0.3) is 11.0 Å².